The molecule has 2 saturated carbocycles. The highest BCUT2D eigenvalue weighted by molar-refractivity contribution is 5.89. The van der Waals surface area contributed by atoms with Gasteiger partial charge >= 0.3 is 17.9 Å². The molecule has 5 unspecified atom stereocenters. The van der Waals surface area contributed by atoms with Crippen LogP contribution in [0.25, 0.3) is 0 Å². The molecular weight excluding hydrogens is 540 g/mol. The molecule has 1 aromatic rings. The van der Waals surface area contributed by atoms with E-state index in [1.165, 1.54) is 13.8 Å². The third-order valence-electron chi connectivity index (χ3n) is 10.2. The molecule has 9 nitrogen and oxygen atoms in total. The van der Waals surface area contributed by atoms with Crippen LogP contribution in [-0.4, -0.2) is 70.4 Å². The minimum Gasteiger partial charge on any atom is -0.462 e. The van der Waals surface area contributed by atoms with Crippen LogP contribution in [-0.2, 0) is 23.8 Å². The number of ether oxygens (including phenoxy) is 3. The van der Waals surface area contributed by atoms with Crippen molar-refractivity contribution in [3.63, 3.8) is 0 Å². The predicted molar refractivity (Wildman–Crippen MR) is 154 cm³/mol. The van der Waals surface area contributed by atoms with E-state index in [-0.39, 0.29) is 31.4 Å². The van der Waals surface area contributed by atoms with E-state index in [9.17, 15) is 29.7 Å². The number of carbonyl (C=O) groups excluding carboxylic acids is 3. The molecule has 4 rings (SSSR count). The first-order valence-corrected chi connectivity index (χ1v) is 14.5. The molecule has 42 heavy (non-hydrogen) atoms. The molecule has 3 aliphatic rings. The zero-order valence-electron chi connectivity index (χ0n) is 25.4. The second-order valence-electron chi connectivity index (χ2n) is 13.1. The summed E-state index contributed by atoms with van der Waals surface area (Å²) < 4.78 is 18.4. The Morgan fingerprint density at radius 3 is 2.21 bits per heavy atom. The van der Waals surface area contributed by atoms with Gasteiger partial charge in [0.1, 0.15) is 6.10 Å². The van der Waals surface area contributed by atoms with Crippen LogP contribution in [0.1, 0.15) is 77.6 Å². The van der Waals surface area contributed by atoms with Gasteiger partial charge in [-0.05, 0) is 60.8 Å². The highest BCUT2D eigenvalue weighted by atomic mass is 16.6. The molecule has 0 aliphatic heterocycles. The van der Waals surface area contributed by atoms with Crippen LogP contribution in [0.2, 0.25) is 0 Å². The Morgan fingerprint density at radius 1 is 1.02 bits per heavy atom. The normalized spacial score (nSPS) is 34.9. The van der Waals surface area contributed by atoms with Gasteiger partial charge in [0.25, 0.3) is 0 Å². The summed E-state index contributed by atoms with van der Waals surface area (Å²) in [6.45, 7) is 14.1. The molecule has 0 heterocycles. The zero-order valence-corrected chi connectivity index (χ0v) is 25.4. The summed E-state index contributed by atoms with van der Waals surface area (Å²) in [6, 6.07) is 8.43. The van der Waals surface area contributed by atoms with E-state index in [1.807, 2.05) is 20.8 Å². The number of esters is 3. The number of benzene rings is 1. The molecule has 0 saturated heterocycles. The van der Waals surface area contributed by atoms with E-state index >= 15 is 0 Å². The molecule has 2 fully saturated rings. The molecule has 8 atom stereocenters. The average Bonchev–Trinajstić information content (AvgIpc) is 3.08. The second-order valence-corrected chi connectivity index (χ2v) is 13.1. The molecule has 9 heteroatoms. The number of aliphatic hydroxyl groups excluding tert-OH is 3. The van der Waals surface area contributed by atoms with Gasteiger partial charge in [-0.3, -0.25) is 9.59 Å². The van der Waals surface area contributed by atoms with Crippen LogP contribution in [0.3, 0.4) is 0 Å². The van der Waals surface area contributed by atoms with Crippen LogP contribution in [0, 0.1) is 22.2 Å². The van der Waals surface area contributed by atoms with Crippen molar-refractivity contribution in [2.45, 2.75) is 97.7 Å². The Bertz CT molecular complexity index is 1270. The van der Waals surface area contributed by atoms with E-state index in [1.54, 1.807) is 37.3 Å². The second kappa shape index (κ2) is 11.6. The van der Waals surface area contributed by atoms with E-state index in [2.05, 4.69) is 6.58 Å². The lowest BCUT2D eigenvalue weighted by atomic mass is 9.56. The lowest BCUT2D eigenvalue weighted by Crippen LogP contribution is -2.56. The number of hydrogen-bond acceptors (Lipinski definition) is 9. The Balaban J connectivity index is 2.08. The number of rotatable bonds is 6. The third-order valence-corrected chi connectivity index (χ3v) is 10.2. The van der Waals surface area contributed by atoms with Crippen molar-refractivity contribution in [1.82, 2.24) is 0 Å². The van der Waals surface area contributed by atoms with Crippen LogP contribution >= 0.6 is 0 Å². The van der Waals surface area contributed by atoms with Crippen molar-refractivity contribution < 1.29 is 43.9 Å². The van der Waals surface area contributed by atoms with Crippen LogP contribution in [0.15, 0.2) is 53.6 Å². The summed E-state index contributed by atoms with van der Waals surface area (Å²) in [5.74, 6) is -2.39. The molecule has 0 bridgehead atoms. The lowest BCUT2D eigenvalue weighted by Gasteiger charge is -2.49. The van der Waals surface area contributed by atoms with Crippen molar-refractivity contribution in [1.29, 1.82) is 0 Å². The fourth-order valence-corrected chi connectivity index (χ4v) is 7.80. The standard InChI is InChI=1S/C33H44O9/c1-18-13-23(37)14-26(40-20(3)35)32(7)24(18)15-33(31(5,6)17-34)16-25(38)19(2)27(33)28(29(32)41-21(4)36)42-30(39)22-11-9-8-10-12-22/h8-12,23-26,28-29,34,37-38H,1,13-17H2,2-7H3/t23-,24?,25+,26?,28?,29+,32?,33?/m1/s1. The maximum atomic E-state index is 13.7. The van der Waals surface area contributed by atoms with E-state index < -0.39 is 70.6 Å². The Kier molecular flexibility index (Phi) is 8.80. The molecule has 0 amide bonds. The quantitative estimate of drug-likeness (QED) is 0.258. The monoisotopic (exact) mass is 584 g/mol. The van der Waals surface area contributed by atoms with Crippen molar-refractivity contribution in [2.75, 3.05) is 6.61 Å². The van der Waals surface area contributed by atoms with Gasteiger partial charge in [-0.1, -0.05) is 51.1 Å². The van der Waals surface area contributed by atoms with E-state index in [0.29, 0.717) is 23.1 Å². The van der Waals surface area contributed by atoms with Gasteiger partial charge in [-0.2, -0.15) is 0 Å². The predicted octanol–water partition coefficient (Wildman–Crippen LogP) is 3.90. The van der Waals surface area contributed by atoms with Gasteiger partial charge in [-0.15, -0.1) is 0 Å². The Hall–Kier alpha value is -3.01. The minimum absolute atomic E-state index is 0.0553. The Morgan fingerprint density at radius 2 is 1.64 bits per heavy atom. The first kappa shape index (κ1) is 31.9. The smallest absolute Gasteiger partial charge is 0.338 e. The highest BCUT2D eigenvalue weighted by Gasteiger charge is 2.67. The molecule has 0 aromatic heterocycles. The maximum absolute atomic E-state index is 13.7. The summed E-state index contributed by atoms with van der Waals surface area (Å²) in [5.41, 5.74) is -0.874. The molecule has 3 N–H and O–H groups in total. The van der Waals surface area contributed by atoms with Crippen LogP contribution < -0.4 is 0 Å². The molecule has 1 aromatic carbocycles. The van der Waals surface area contributed by atoms with Crippen molar-refractivity contribution in [3.8, 4) is 0 Å². The minimum atomic E-state index is -1.21. The highest BCUT2D eigenvalue weighted by Crippen LogP contribution is 2.66. The van der Waals surface area contributed by atoms with Crippen LogP contribution in [0.5, 0.6) is 0 Å². The summed E-state index contributed by atoms with van der Waals surface area (Å²) >= 11 is 0. The lowest BCUT2D eigenvalue weighted by molar-refractivity contribution is -0.187. The van der Waals surface area contributed by atoms with Gasteiger partial charge < -0.3 is 29.5 Å². The van der Waals surface area contributed by atoms with Crippen molar-refractivity contribution in [2.24, 2.45) is 22.2 Å². The van der Waals surface area contributed by atoms with E-state index in [4.69, 9.17) is 14.2 Å². The van der Waals surface area contributed by atoms with E-state index in [0.717, 1.165) is 0 Å². The first-order chi connectivity index (χ1) is 19.6. The largest absolute Gasteiger partial charge is 0.462 e. The maximum Gasteiger partial charge on any atom is 0.338 e. The summed E-state index contributed by atoms with van der Waals surface area (Å²) in [5, 5.41) is 33.1. The topological polar surface area (TPSA) is 140 Å². The molecule has 3 aliphatic carbocycles. The first-order valence-electron chi connectivity index (χ1n) is 14.5. The molecule has 230 valence electrons. The van der Waals surface area contributed by atoms with Gasteiger partial charge in [0.15, 0.2) is 12.2 Å². The Labute approximate surface area is 247 Å². The van der Waals surface area contributed by atoms with Crippen molar-refractivity contribution in [3.05, 3.63) is 59.2 Å². The number of hydrogen-bond donors (Lipinski definition) is 3. The SMILES string of the molecule is C=C1C[C@@H](O)CC(OC(C)=O)C2(C)C1CC1(C(C)(C)CO)C[C@H](O)C(C)=C1C(OC(=O)c1ccccc1)[C@@H]2OC(C)=O. The van der Waals surface area contributed by atoms with Gasteiger partial charge in [0.05, 0.1) is 23.2 Å². The summed E-state index contributed by atoms with van der Waals surface area (Å²) in [6.07, 6.45) is -4.30. The van der Waals surface area contributed by atoms with Gasteiger partial charge in [0, 0.05) is 32.3 Å². The molecular formula is C33H44O9. The summed E-state index contributed by atoms with van der Waals surface area (Å²) in [7, 11) is 0. The molecule has 0 spiro atoms. The number of fused-ring (bicyclic) bond motifs is 2. The zero-order chi connectivity index (χ0) is 31.2. The number of carbonyl (C=O) groups is 3. The molecule has 0 radical (unpaired) electrons. The summed E-state index contributed by atoms with van der Waals surface area (Å²) in [4.78, 5) is 39.0. The number of aliphatic hydroxyl groups is 3. The fraction of sp³-hybridized carbons (Fsp3) is 0.606. The third kappa shape index (κ3) is 5.31. The fourth-order valence-electron chi connectivity index (χ4n) is 7.80. The van der Waals surface area contributed by atoms with Gasteiger partial charge in [0.2, 0.25) is 0 Å². The van der Waals surface area contributed by atoms with Gasteiger partial charge in [-0.25, -0.2) is 4.79 Å². The van der Waals surface area contributed by atoms with Crippen LogP contribution in [0.4, 0.5) is 0 Å². The van der Waals surface area contributed by atoms with Crippen molar-refractivity contribution >= 4 is 17.9 Å². The average molecular weight is 585 g/mol.